The lowest BCUT2D eigenvalue weighted by molar-refractivity contribution is 0.490. The van der Waals surface area contributed by atoms with Gasteiger partial charge in [0, 0.05) is 27.6 Å². The summed E-state index contributed by atoms with van der Waals surface area (Å²) in [5, 5.41) is 5.10. The first-order valence-electron chi connectivity index (χ1n) is 17.1. The molecule has 0 aromatic heterocycles. The average Bonchev–Trinajstić information content (AvgIpc) is 3.52. The normalized spacial score (nSPS) is 14.9. The second-order valence-corrected chi connectivity index (χ2v) is 14.0. The van der Waals surface area contributed by atoms with Crippen molar-refractivity contribution in [1.29, 1.82) is 0 Å². The van der Waals surface area contributed by atoms with Gasteiger partial charge in [-0.3, -0.25) is 0 Å². The van der Waals surface area contributed by atoms with Crippen molar-refractivity contribution >= 4 is 38.6 Å². The molecular formula is C46H39N. The Morgan fingerprint density at radius 1 is 0.447 bits per heavy atom. The van der Waals surface area contributed by atoms with Gasteiger partial charge in [-0.25, -0.2) is 0 Å². The molecule has 2 aliphatic carbocycles. The van der Waals surface area contributed by atoms with Crippen molar-refractivity contribution in [1.82, 2.24) is 0 Å². The van der Waals surface area contributed by atoms with E-state index in [2.05, 4.69) is 172 Å². The molecule has 228 valence electrons. The Morgan fingerprint density at radius 2 is 1.06 bits per heavy atom. The maximum absolute atomic E-state index is 2.51. The van der Waals surface area contributed by atoms with Crippen LogP contribution in [0.4, 0.5) is 17.1 Å². The number of nitrogens with zero attached hydrogens (tertiary/aromatic N) is 1. The third-order valence-corrected chi connectivity index (χ3v) is 11.5. The van der Waals surface area contributed by atoms with Crippen molar-refractivity contribution in [3.8, 4) is 22.3 Å². The summed E-state index contributed by atoms with van der Waals surface area (Å²) in [5.41, 5.74) is 14.7. The third kappa shape index (κ3) is 3.90. The van der Waals surface area contributed by atoms with E-state index in [1.807, 2.05) is 0 Å². The summed E-state index contributed by atoms with van der Waals surface area (Å²) in [7, 11) is 0. The fourth-order valence-corrected chi connectivity index (χ4v) is 8.99. The van der Waals surface area contributed by atoms with Gasteiger partial charge in [0.1, 0.15) is 0 Å². The summed E-state index contributed by atoms with van der Waals surface area (Å²) in [4.78, 5) is 2.51. The van der Waals surface area contributed by atoms with Crippen molar-refractivity contribution in [3.05, 3.63) is 162 Å². The molecule has 0 saturated heterocycles. The quantitative estimate of drug-likeness (QED) is 0.189. The molecule has 0 N–H and O–H groups in total. The standard InChI is InChI=1S/C46H39N/c1-5-46(6-2)41-20-12-11-19-36(41)37-24-22-34(29-43(37)46)47(44-21-13-17-30-14-9-10-18-35(30)44)33-23-25-40-39(28-33)38-26-31-15-7-8-16-32(31)27-42(38)45(40,3)4/h7-29H,5-6H2,1-4H3. The van der Waals surface area contributed by atoms with E-state index in [9.17, 15) is 0 Å². The number of anilines is 3. The highest BCUT2D eigenvalue weighted by molar-refractivity contribution is 6.01. The predicted octanol–water partition coefficient (Wildman–Crippen LogP) is 12.9. The van der Waals surface area contributed by atoms with Crippen LogP contribution in [0.25, 0.3) is 43.8 Å². The number of fused-ring (bicyclic) bond motifs is 8. The molecule has 0 aliphatic heterocycles. The third-order valence-electron chi connectivity index (χ3n) is 11.5. The van der Waals surface area contributed by atoms with E-state index in [0.29, 0.717) is 0 Å². The average molecular weight is 606 g/mol. The van der Waals surface area contributed by atoms with Gasteiger partial charge in [0.2, 0.25) is 0 Å². The van der Waals surface area contributed by atoms with Gasteiger partial charge >= 0.3 is 0 Å². The summed E-state index contributed by atoms with van der Waals surface area (Å²) in [6, 6.07) is 52.6. The van der Waals surface area contributed by atoms with Gasteiger partial charge < -0.3 is 4.90 Å². The van der Waals surface area contributed by atoms with Crippen molar-refractivity contribution < 1.29 is 0 Å². The summed E-state index contributed by atoms with van der Waals surface area (Å²) in [5.74, 6) is 0. The number of hydrogen-bond donors (Lipinski definition) is 0. The van der Waals surface area contributed by atoms with E-state index < -0.39 is 0 Å². The Labute approximate surface area is 278 Å². The molecule has 1 heteroatoms. The topological polar surface area (TPSA) is 3.24 Å². The summed E-state index contributed by atoms with van der Waals surface area (Å²) in [6.07, 6.45) is 2.15. The van der Waals surface area contributed by atoms with Gasteiger partial charge in [0.05, 0.1) is 5.69 Å². The van der Waals surface area contributed by atoms with Gasteiger partial charge in [-0.15, -0.1) is 0 Å². The fraction of sp³-hybridized carbons (Fsp3) is 0.174. The molecule has 0 heterocycles. The van der Waals surface area contributed by atoms with E-state index in [4.69, 9.17) is 0 Å². The lowest BCUT2D eigenvalue weighted by Crippen LogP contribution is -2.23. The minimum absolute atomic E-state index is 0.00825. The van der Waals surface area contributed by atoms with Crippen molar-refractivity contribution in [2.24, 2.45) is 0 Å². The van der Waals surface area contributed by atoms with Gasteiger partial charge in [0.15, 0.2) is 0 Å². The van der Waals surface area contributed by atoms with Crippen LogP contribution in [-0.2, 0) is 10.8 Å². The molecule has 0 spiro atoms. The Hall–Kier alpha value is -5.14. The number of hydrogen-bond acceptors (Lipinski definition) is 1. The maximum Gasteiger partial charge on any atom is 0.0540 e. The minimum Gasteiger partial charge on any atom is -0.310 e. The zero-order valence-electron chi connectivity index (χ0n) is 27.6. The molecule has 0 radical (unpaired) electrons. The number of rotatable bonds is 5. The summed E-state index contributed by atoms with van der Waals surface area (Å²) >= 11 is 0. The monoisotopic (exact) mass is 605 g/mol. The maximum atomic E-state index is 2.51. The van der Waals surface area contributed by atoms with Crippen molar-refractivity contribution in [3.63, 3.8) is 0 Å². The summed E-state index contributed by atoms with van der Waals surface area (Å²) in [6.45, 7) is 9.46. The second-order valence-electron chi connectivity index (χ2n) is 14.0. The fourth-order valence-electron chi connectivity index (χ4n) is 8.99. The molecule has 1 nitrogen and oxygen atoms in total. The van der Waals surface area contributed by atoms with Crippen LogP contribution in [0.5, 0.6) is 0 Å². The van der Waals surface area contributed by atoms with Crippen LogP contribution in [0.2, 0.25) is 0 Å². The van der Waals surface area contributed by atoms with Crippen LogP contribution in [0, 0.1) is 0 Å². The predicted molar refractivity (Wildman–Crippen MR) is 200 cm³/mol. The van der Waals surface area contributed by atoms with Crippen LogP contribution < -0.4 is 4.90 Å². The lowest BCUT2D eigenvalue weighted by atomic mass is 9.74. The molecule has 0 bridgehead atoms. The number of benzene rings is 7. The second kappa shape index (κ2) is 10.2. The Morgan fingerprint density at radius 3 is 1.87 bits per heavy atom. The van der Waals surface area contributed by atoms with E-state index in [1.165, 1.54) is 83.1 Å². The van der Waals surface area contributed by atoms with Gasteiger partial charge in [-0.1, -0.05) is 125 Å². The van der Waals surface area contributed by atoms with Crippen molar-refractivity contribution in [2.75, 3.05) is 4.90 Å². The molecule has 0 saturated carbocycles. The van der Waals surface area contributed by atoms with Gasteiger partial charge in [-0.05, 0) is 116 Å². The van der Waals surface area contributed by atoms with Gasteiger partial charge in [0.25, 0.3) is 0 Å². The first kappa shape index (κ1) is 28.1. The highest BCUT2D eigenvalue weighted by Crippen LogP contribution is 2.55. The molecular weight excluding hydrogens is 567 g/mol. The smallest absolute Gasteiger partial charge is 0.0540 e. The van der Waals surface area contributed by atoms with E-state index >= 15 is 0 Å². The SMILES string of the molecule is CCC1(CC)c2ccccc2-c2ccc(N(c3ccc4c(c3)-c3cc5ccccc5cc3C4(C)C)c3cccc4ccccc34)cc21. The molecule has 7 aromatic carbocycles. The molecule has 0 amide bonds. The van der Waals surface area contributed by atoms with Crippen LogP contribution in [0.1, 0.15) is 62.8 Å². The molecule has 2 aliphatic rings. The Kier molecular flexibility index (Phi) is 6.09. The van der Waals surface area contributed by atoms with Crippen LogP contribution in [-0.4, -0.2) is 0 Å². The van der Waals surface area contributed by atoms with Crippen LogP contribution in [0.3, 0.4) is 0 Å². The van der Waals surface area contributed by atoms with E-state index in [-0.39, 0.29) is 10.8 Å². The largest absolute Gasteiger partial charge is 0.310 e. The molecule has 9 rings (SSSR count). The van der Waals surface area contributed by atoms with Crippen LogP contribution in [0.15, 0.2) is 140 Å². The van der Waals surface area contributed by atoms with Crippen molar-refractivity contribution in [2.45, 2.75) is 51.4 Å². The Balaban J connectivity index is 1.30. The van der Waals surface area contributed by atoms with E-state index in [1.54, 1.807) is 0 Å². The highest BCUT2D eigenvalue weighted by atomic mass is 15.1. The highest BCUT2D eigenvalue weighted by Gasteiger charge is 2.41. The Bertz CT molecular complexity index is 2370. The zero-order chi connectivity index (χ0) is 31.9. The first-order valence-corrected chi connectivity index (χ1v) is 17.1. The molecule has 7 aromatic rings. The minimum atomic E-state index is -0.0707. The molecule has 0 unspecified atom stereocenters. The van der Waals surface area contributed by atoms with E-state index in [0.717, 1.165) is 12.8 Å². The molecule has 0 fully saturated rings. The van der Waals surface area contributed by atoms with Gasteiger partial charge in [-0.2, -0.15) is 0 Å². The zero-order valence-corrected chi connectivity index (χ0v) is 27.6. The molecule has 0 atom stereocenters. The molecule has 47 heavy (non-hydrogen) atoms. The first-order chi connectivity index (χ1) is 22.9. The lowest BCUT2D eigenvalue weighted by Gasteiger charge is -2.32. The summed E-state index contributed by atoms with van der Waals surface area (Å²) < 4.78 is 0. The van der Waals surface area contributed by atoms with Crippen LogP contribution >= 0.6 is 0 Å².